The second-order valence-corrected chi connectivity index (χ2v) is 6.69. The number of carbonyl (C=O) groups is 2. The van der Waals surface area contributed by atoms with Gasteiger partial charge in [0.25, 0.3) is 5.91 Å². The summed E-state index contributed by atoms with van der Waals surface area (Å²) < 4.78 is 13.3. The predicted molar refractivity (Wildman–Crippen MR) is 99.5 cm³/mol. The molecule has 0 aliphatic carbocycles. The summed E-state index contributed by atoms with van der Waals surface area (Å²) in [6.07, 6.45) is 1.65. The fraction of sp³-hybridized carbons (Fsp3) is 0.200. The minimum atomic E-state index is -0.331. The van der Waals surface area contributed by atoms with Gasteiger partial charge in [0, 0.05) is 30.6 Å². The number of aromatic nitrogens is 3. The zero-order valence-corrected chi connectivity index (χ0v) is 14.9. The summed E-state index contributed by atoms with van der Waals surface area (Å²) in [4.78, 5) is 30.4. The van der Waals surface area contributed by atoms with E-state index in [4.69, 9.17) is 0 Å². The zero-order valence-electron chi connectivity index (χ0n) is 14.9. The molecule has 2 heterocycles. The van der Waals surface area contributed by atoms with Crippen LogP contribution in [0.15, 0.2) is 54.9 Å². The minimum absolute atomic E-state index is 0.0600. The van der Waals surface area contributed by atoms with Crippen LogP contribution in [0.4, 0.5) is 4.39 Å². The molecule has 0 unspecified atom stereocenters. The molecule has 1 aliphatic heterocycles. The Bertz CT molecular complexity index is 988. The van der Waals surface area contributed by atoms with Crippen molar-refractivity contribution in [3.63, 3.8) is 0 Å². The Kier molecular flexibility index (Phi) is 4.84. The van der Waals surface area contributed by atoms with Gasteiger partial charge in [-0.15, -0.1) is 0 Å². The SMILES string of the molecule is O=C(N[C@@H]1CC(=O)N(Cc2cccc(F)c2)C1)c1ccc(-c2ncn[nH]2)cc1. The fourth-order valence-corrected chi connectivity index (χ4v) is 3.27. The number of amides is 2. The van der Waals surface area contributed by atoms with Gasteiger partial charge in [-0.25, -0.2) is 9.37 Å². The number of nitrogens with zero attached hydrogens (tertiary/aromatic N) is 3. The molecule has 7 nitrogen and oxygen atoms in total. The molecule has 1 atom stereocenters. The van der Waals surface area contributed by atoms with Gasteiger partial charge in [-0.3, -0.25) is 14.7 Å². The van der Waals surface area contributed by atoms with Gasteiger partial charge in [-0.2, -0.15) is 5.10 Å². The van der Waals surface area contributed by atoms with Crippen LogP contribution in [0.2, 0.25) is 0 Å². The maximum absolute atomic E-state index is 13.3. The third-order valence-electron chi connectivity index (χ3n) is 4.65. The molecule has 3 aromatic rings. The average molecular weight is 379 g/mol. The lowest BCUT2D eigenvalue weighted by Gasteiger charge is -2.17. The lowest BCUT2D eigenvalue weighted by atomic mass is 10.1. The molecule has 4 rings (SSSR count). The van der Waals surface area contributed by atoms with Crippen LogP contribution in [-0.2, 0) is 11.3 Å². The number of benzene rings is 2. The number of hydrogen-bond acceptors (Lipinski definition) is 4. The Balaban J connectivity index is 1.36. The molecule has 1 saturated heterocycles. The highest BCUT2D eigenvalue weighted by molar-refractivity contribution is 5.95. The lowest BCUT2D eigenvalue weighted by molar-refractivity contribution is -0.128. The van der Waals surface area contributed by atoms with Gasteiger partial charge >= 0.3 is 0 Å². The van der Waals surface area contributed by atoms with Crippen molar-refractivity contribution in [3.05, 3.63) is 71.8 Å². The summed E-state index contributed by atoms with van der Waals surface area (Å²) in [5, 5.41) is 9.46. The number of rotatable bonds is 5. The monoisotopic (exact) mass is 379 g/mol. The van der Waals surface area contributed by atoms with Gasteiger partial charge in [0.05, 0.1) is 6.04 Å². The van der Waals surface area contributed by atoms with Gasteiger partial charge in [-0.05, 0) is 29.8 Å². The molecule has 142 valence electrons. The van der Waals surface area contributed by atoms with Gasteiger partial charge in [-0.1, -0.05) is 24.3 Å². The first-order valence-corrected chi connectivity index (χ1v) is 8.87. The topological polar surface area (TPSA) is 91.0 Å². The predicted octanol–water partition coefficient (Wildman–Crippen LogP) is 2.14. The Morgan fingerprint density at radius 1 is 1.25 bits per heavy atom. The van der Waals surface area contributed by atoms with E-state index in [1.165, 1.54) is 18.5 Å². The van der Waals surface area contributed by atoms with Gasteiger partial charge in [0.1, 0.15) is 12.1 Å². The maximum Gasteiger partial charge on any atom is 0.251 e. The van der Waals surface area contributed by atoms with Crippen LogP contribution in [-0.4, -0.2) is 44.5 Å². The number of H-pyrrole nitrogens is 1. The lowest BCUT2D eigenvalue weighted by Crippen LogP contribution is -2.37. The van der Waals surface area contributed by atoms with Crippen LogP contribution in [0.3, 0.4) is 0 Å². The smallest absolute Gasteiger partial charge is 0.251 e. The van der Waals surface area contributed by atoms with Gasteiger partial charge < -0.3 is 10.2 Å². The molecule has 0 spiro atoms. The van der Waals surface area contributed by atoms with Crippen molar-refractivity contribution in [2.75, 3.05) is 6.54 Å². The van der Waals surface area contributed by atoms with Crippen molar-refractivity contribution in [3.8, 4) is 11.4 Å². The van der Waals surface area contributed by atoms with Crippen LogP contribution in [0.25, 0.3) is 11.4 Å². The number of halogens is 1. The number of nitrogens with one attached hydrogen (secondary N) is 2. The number of likely N-dealkylation sites (tertiary alicyclic amines) is 1. The van der Waals surface area contributed by atoms with E-state index in [1.807, 2.05) is 0 Å². The molecule has 28 heavy (non-hydrogen) atoms. The van der Waals surface area contributed by atoms with Gasteiger partial charge in [0.15, 0.2) is 5.82 Å². The van der Waals surface area contributed by atoms with Crippen molar-refractivity contribution in [1.29, 1.82) is 0 Å². The van der Waals surface area contributed by atoms with E-state index in [2.05, 4.69) is 20.5 Å². The minimum Gasteiger partial charge on any atom is -0.347 e. The van der Waals surface area contributed by atoms with Crippen LogP contribution in [0.1, 0.15) is 22.3 Å². The van der Waals surface area contributed by atoms with E-state index in [0.29, 0.717) is 24.5 Å². The molecule has 8 heteroatoms. The largest absolute Gasteiger partial charge is 0.347 e. The molecule has 0 bridgehead atoms. The van der Waals surface area contributed by atoms with Gasteiger partial charge in [0.2, 0.25) is 5.91 Å². The van der Waals surface area contributed by atoms with Crippen LogP contribution in [0, 0.1) is 5.82 Å². The summed E-state index contributed by atoms with van der Waals surface area (Å²) in [5.74, 6) is -0.00568. The van der Waals surface area contributed by atoms with Crippen LogP contribution >= 0.6 is 0 Å². The zero-order chi connectivity index (χ0) is 19.5. The molecule has 2 amide bonds. The normalized spacial score (nSPS) is 16.4. The van der Waals surface area contributed by atoms with Crippen molar-refractivity contribution in [2.45, 2.75) is 19.0 Å². The second kappa shape index (κ2) is 7.59. The van der Waals surface area contributed by atoms with E-state index < -0.39 is 0 Å². The molecular formula is C20H18FN5O2. The van der Waals surface area contributed by atoms with Crippen molar-refractivity contribution in [2.24, 2.45) is 0 Å². The fourth-order valence-electron chi connectivity index (χ4n) is 3.27. The first-order chi connectivity index (χ1) is 13.6. The molecule has 1 fully saturated rings. The Morgan fingerprint density at radius 2 is 2.07 bits per heavy atom. The number of carbonyl (C=O) groups excluding carboxylic acids is 2. The number of aromatic amines is 1. The molecule has 0 radical (unpaired) electrons. The summed E-state index contributed by atoms with van der Waals surface area (Å²) in [7, 11) is 0. The quantitative estimate of drug-likeness (QED) is 0.711. The number of hydrogen-bond donors (Lipinski definition) is 2. The van der Waals surface area contributed by atoms with Crippen LogP contribution in [0.5, 0.6) is 0 Å². The summed E-state index contributed by atoms with van der Waals surface area (Å²) in [6.45, 7) is 0.728. The first kappa shape index (κ1) is 17.8. The molecule has 1 aromatic heterocycles. The summed E-state index contributed by atoms with van der Waals surface area (Å²) >= 11 is 0. The molecule has 1 aliphatic rings. The highest BCUT2D eigenvalue weighted by Gasteiger charge is 2.30. The van der Waals surface area contributed by atoms with E-state index in [-0.39, 0.29) is 30.1 Å². The molecule has 2 N–H and O–H groups in total. The molecular weight excluding hydrogens is 361 g/mol. The molecule has 0 saturated carbocycles. The highest BCUT2D eigenvalue weighted by Crippen LogP contribution is 2.18. The van der Waals surface area contributed by atoms with Crippen molar-refractivity contribution in [1.82, 2.24) is 25.4 Å². The maximum atomic E-state index is 13.3. The Labute approximate surface area is 160 Å². The van der Waals surface area contributed by atoms with E-state index in [0.717, 1.165) is 11.1 Å². The van der Waals surface area contributed by atoms with Crippen molar-refractivity contribution >= 4 is 11.8 Å². The average Bonchev–Trinajstić information content (AvgIpc) is 3.32. The third kappa shape index (κ3) is 3.90. The molecule has 2 aromatic carbocycles. The van der Waals surface area contributed by atoms with E-state index in [9.17, 15) is 14.0 Å². The van der Waals surface area contributed by atoms with Crippen molar-refractivity contribution < 1.29 is 14.0 Å². The third-order valence-corrected chi connectivity index (χ3v) is 4.65. The second-order valence-electron chi connectivity index (χ2n) is 6.69. The Hall–Kier alpha value is -3.55. The Morgan fingerprint density at radius 3 is 2.79 bits per heavy atom. The highest BCUT2D eigenvalue weighted by atomic mass is 19.1. The summed E-state index contributed by atoms with van der Waals surface area (Å²) in [6, 6.07) is 12.9. The van der Waals surface area contributed by atoms with E-state index >= 15 is 0 Å². The van der Waals surface area contributed by atoms with Crippen LogP contribution < -0.4 is 5.32 Å². The first-order valence-electron chi connectivity index (χ1n) is 8.87. The standard InChI is InChI=1S/C20H18FN5O2/c21-16-3-1-2-13(8-16)10-26-11-17(9-18(26)27)24-20(28)15-6-4-14(5-7-15)19-22-12-23-25-19/h1-8,12,17H,9-11H2,(H,24,28)(H,22,23,25)/t17-/m1/s1. The van der Waals surface area contributed by atoms with E-state index in [1.54, 1.807) is 41.3 Å². The summed E-state index contributed by atoms with van der Waals surface area (Å²) in [5.41, 5.74) is 2.05.